The smallest absolute Gasteiger partial charge is 0.358 e. The Hall–Kier alpha value is -3.01. The number of amides is 2. The van der Waals surface area contributed by atoms with Crippen LogP contribution < -0.4 is 15.5 Å². The molecule has 10 heteroatoms. The van der Waals surface area contributed by atoms with Gasteiger partial charge in [0, 0.05) is 30.9 Å². The van der Waals surface area contributed by atoms with Crippen LogP contribution in [0.25, 0.3) is 0 Å². The molecule has 1 aromatic heterocycles. The number of pyridine rings is 1. The molecule has 2 aromatic rings. The van der Waals surface area contributed by atoms with Gasteiger partial charge in [-0.3, -0.25) is 19.5 Å². The molecule has 3 atom stereocenters. The van der Waals surface area contributed by atoms with Crippen LogP contribution in [0, 0.1) is 11.8 Å². The Balaban J connectivity index is 1.43. The standard InChI is InChI=1S/C22H21F3N4O2S/c23-22(24,25)15-4-1-5-16(10-15)29-20(31)17-7-6-14(9-18(17)28-21(29)32)19(30)27-12-13-3-2-8-26-11-13/h1-5,8,10-11,14,17-18H,6-7,9,12H2,(H,27,30)(H,28,32). The van der Waals surface area contributed by atoms with Crippen molar-refractivity contribution in [1.82, 2.24) is 15.6 Å². The molecule has 1 saturated carbocycles. The number of fused-ring (bicyclic) bond motifs is 1. The van der Waals surface area contributed by atoms with Crippen molar-refractivity contribution < 1.29 is 22.8 Å². The Bertz CT molecular complexity index is 1030. The second-order valence-corrected chi connectivity index (χ2v) is 8.36. The highest BCUT2D eigenvalue weighted by molar-refractivity contribution is 7.80. The Morgan fingerprint density at radius 2 is 2.06 bits per heavy atom. The first kappa shape index (κ1) is 22.2. The summed E-state index contributed by atoms with van der Waals surface area (Å²) in [5, 5.41) is 6.03. The summed E-state index contributed by atoms with van der Waals surface area (Å²) < 4.78 is 39.3. The molecule has 32 heavy (non-hydrogen) atoms. The van der Waals surface area contributed by atoms with Crippen LogP contribution in [0.2, 0.25) is 0 Å². The third kappa shape index (κ3) is 4.59. The molecule has 0 spiro atoms. The van der Waals surface area contributed by atoms with E-state index in [1.807, 2.05) is 6.07 Å². The summed E-state index contributed by atoms with van der Waals surface area (Å²) in [6.45, 7) is 0.366. The molecule has 2 fully saturated rings. The van der Waals surface area contributed by atoms with E-state index in [0.29, 0.717) is 25.8 Å². The topological polar surface area (TPSA) is 74.3 Å². The molecule has 2 amide bonds. The molecule has 2 aliphatic rings. The number of nitrogens with zero attached hydrogens (tertiary/aromatic N) is 2. The first-order valence-electron chi connectivity index (χ1n) is 10.2. The largest absolute Gasteiger partial charge is 0.416 e. The van der Waals surface area contributed by atoms with E-state index in [-0.39, 0.29) is 34.6 Å². The van der Waals surface area contributed by atoms with Gasteiger partial charge in [-0.05, 0) is 61.3 Å². The SMILES string of the molecule is O=C(NCc1cccnc1)C1CCC2C(=O)N(c3cccc(C(F)(F)F)c3)C(=S)NC2C1. The van der Waals surface area contributed by atoms with Gasteiger partial charge in [-0.1, -0.05) is 12.1 Å². The maximum Gasteiger partial charge on any atom is 0.416 e. The monoisotopic (exact) mass is 462 g/mol. The van der Waals surface area contributed by atoms with Crippen molar-refractivity contribution in [2.45, 2.75) is 38.0 Å². The number of carbonyl (C=O) groups is 2. The molecule has 2 heterocycles. The fourth-order valence-electron chi connectivity index (χ4n) is 4.25. The second kappa shape index (κ2) is 8.85. The van der Waals surface area contributed by atoms with Crippen LogP contribution in [0.4, 0.5) is 18.9 Å². The lowest BCUT2D eigenvalue weighted by Crippen LogP contribution is -2.62. The van der Waals surface area contributed by atoms with E-state index in [0.717, 1.165) is 22.6 Å². The number of rotatable bonds is 4. The molecular formula is C22H21F3N4O2S. The number of nitrogens with one attached hydrogen (secondary N) is 2. The van der Waals surface area contributed by atoms with Crippen molar-refractivity contribution in [2.24, 2.45) is 11.8 Å². The molecule has 0 radical (unpaired) electrons. The molecule has 1 saturated heterocycles. The Kier molecular flexibility index (Phi) is 6.14. The van der Waals surface area contributed by atoms with Crippen LogP contribution in [0.5, 0.6) is 0 Å². The lowest BCUT2D eigenvalue weighted by molar-refractivity contribution is -0.137. The van der Waals surface area contributed by atoms with E-state index in [4.69, 9.17) is 12.2 Å². The zero-order chi connectivity index (χ0) is 22.9. The first-order valence-corrected chi connectivity index (χ1v) is 10.6. The third-order valence-electron chi connectivity index (χ3n) is 5.89. The Morgan fingerprint density at radius 1 is 1.25 bits per heavy atom. The van der Waals surface area contributed by atoms with Crippen LogP contribution in [-0.2, 0) is 22.3 Å². The average molecular weight is 462 g/mol. The van der Waals surface area contributed by atoms with Crippen LogP contribution in [-0.4, -0.2) is 28.0 Å². The molecule has 1 aromatic carbocycles. The predicted octanol–water partition coefficient (Wildman–Crippen LogP) is 3.42. The molecule has 3 unspecified atom stereocenters. The second-order valence-electron chi connectivity index (χ2n) is 7.97. The zero-order valence-corrected chi connectivity index (χ0v) is 17.7. The number of benzene rings is 1. The van der Waals surface area contributed by atoms with E-state index < -0.39 is 17.7 Å². The van der Waals surface area contributed by atoms with Gasteiger partial charge in [-0.2, -0.15) is 13.2 Å². The summed E-state index contributed by atoms with van der Waals surface area (Å²) in [6, 6.07) is 7.88. The molecule has 1 aliphatic heterocycles. The van der Waals surface area contributed by atoms with Crippen molar-refractivity contribution in [3.63, 3.8) is 0 Å². The Morgan fingerprint density at radius 3 is 2.78 bits per heavy atom. The van der Waals surface area contributed by atoms with E-state index in [1.165, 1.54) is 12.1 Å². The van der Waals surface area contributed by atoms with Gasteiger partial charge in [0.15, 0.2) is 5.11 Å². The van der Waals surface area contributed by atoms with Crippen LogP contribution >= 0.6 is 12.2 Å². The van der Waals surface area contributed by atoms with Crippen LogP contribution in [0.3, 0.4) is 0 Å². The number of carbonyl (C=O) groups excluding carboxylic acids is 2. The fourth-order valence-corrected chi connectivity index (χ4v) is 4.60. The number of thiocarbonyl (C=S) groups is 1. The summed E-state index contributed by atoms with van der Waals surface area (Å²) in [6.07, 6.45) is 0.193. The first-order chi connectivity index (χ1) is 15.2. The minimum atomic E-state index is -4.52. The molecule has 168 valence electrons. The Labute approximate surface area is 188 Å². The highest BCUT2D eigenvalue weighted by Crippen LogP contribution is 2.36. The fraction of sp³-hybridized carbons (Fsp3) is 0.364. The number of aromatic nitrogens is 1. The quantitative estimate of drug-likeness (QED) is 0.682. The van der Waals surface area contributed by atoms with Gasteiger partial charge >= 0.3 is 6.18 Å². The van der Waals surface area contributed by atoms with Gasteiger partial charge in [0.1, 0.15) is 0 Å². The van der Waals surface area contributed by atoms with Crippen LogP contribution in [0.15, 0.2) is 48.8 Å². The van der Waals surface area contributed by atoms with Crippen molar-refractivity contribution in [3.8, 4) is 0 Å². The van der Waals surface area contributed by atoms with Gasteiger partial charge in [-0.25, -0.2) is 0 Å². The van der Waals surface area contributed by atoms with Gasteiger partial charge in [0.25, 0.3) is 0 Å². The molecule has 2 N–H and O–H groups in total. The van der Waals surface area contributed by atoms with E-state index in [9.17, 15) is 22.8 Å². The summed E-state index contributed by atoms with van der Waals surface area (Å²) >= 11 is 5.32. The zero-order valence-electron chi connectivity index (χ0n) is 16.9. The number of halogens is 3. The minimum absolute atomic E-state index is 0.0481. The highest BCUT2D eigenvalue weighted by atomic mass is 32.1. The van der Waals surface area contributed by atoms with Gasteiger partial charge in [0.2, 0.25) is 11.8 Å². The van der Waals surface area contributed by atoms with Crippen molar-refractivity contribution >= 4 is 34.8 Å². The average Bonchev–Trinajstić information content (AvgIpc) is 2.77. The summed E-state index contributed by atoms with van der Waals surface area (Å²) in [4.78, 5) is 30.9. The lowest BCUT2D eigenvalue weighted by atomic mass is 9.76. The predicted molar refractivity (Wildman–Crippen MR) is 115 cm³/mol. The molecule has 4 rings (SSSR count). The summed E-state index contributed by atoms with van der Waals surface area (Å²) in [5.74, 6) is -1.19. The highest BCUT2D eigenvalue weighted by Gasteiger charge is 2.45. The van der Waals surface area contributed by atoms with Crippen molar-refractivity contribution in [1.29, 1.82) is 0 Å². The maximum absolute atomic E-state index is 13.1. The van der Waals surface area contributed by atoms with Gasteiger partial charge in [0.05, 0.1) is 17.2 Å². The normalized spacial score (nSPS) is 23.3. The number of alkyl halides is 3. The van der Waals surface area contributed by atoms with Gasteiger partial charge in [-0.15, -0.1) is 0 Å². The molecule has 1 aliphatic carbocycles. The third-order valence-corrected chi connectivity index (χ3v) is 6.19. The summed E-state index contributed by atoms with van der Waals surface area (Å²) in [5.41, 5.74) is 0.122. The number of hydrogen-bond acceptors (Lipinski definition) is 4. The number of hydrogen-bond donors (Lipinski definition) is 2. The molecule has 0 bridgehead atoms. The van der Waals surface area contributed by atoms with E-state index in [1.54, 1.807) is 18.5 Å². The van der Waals surface area contributed by atoms with E-state index >= 15 is 0 Å². The van der Waals surface area contributed by atoms with Crippen molar-refractivity contribution in [2.75, 3.05) is 4.90 Å². The minimum Gasteiger partial charge on any atom is -0.358 e. The van der Waals surface area contributed by atoms with Crippen LogP contribution in [0.1, 0.15) is 30.4 Å². The molecular weight excluding hydrogens is 441 g/mol. The van der Waals surface area contributed by atoms with E-state index in [2.05, 4.69) is 15.6 Å². The van der Waals surface area contributed by atoms with Gasteiger partial charge < -0.3 is 10.6 Å². The number of anilines is 1. The summed E-state index contributed by atoms with van der Waals surface area (Å²) in [7, 11) is 0. The maximum atomic E-state index is 13.1. The molecule has 6 nitrogen and oxygen atoms in total. The van der Waals surface area contributed by atoms with Crippen molar-refractivity contribution in [3.05, 3.63) is 59.9 Å². The lowest BCUT2D eigenvalue weighted by Gasteiger charge is -2.43.